The maximum atomic E-state index is 13.5. The van der Waals surface area contributed by atoms with Crippen molar-refractivity contribution in [3.05, 3.63) is 24.5 Å². The quantitative estimate of drug-likeness (QED) is 0.219. The first kappa shape index (κ1) is 35.9. The van der Waals surface area contributed by atoms with Gasteiger partial charge < -0.3 is 19.3 Å². The van der Waals surface area contributed by atoms with E-state index in [1.807, 2.05) is 0 Å². The fourth-order valence-corrected chi connectivity index (χ4v) is 13.3. The first-order chi connectivity index (χ1) is 24.1. The van der Waals surface area contributed by atoms with Crippen molar-refractivity contribution < 1.29 is 28.9 Å². The summed E-state index contributed by atoms with van der Waals surface area (Å²) in [7, 11) is 3.00. The van der Waals surface area contributed by atoms with Gasteiger partial charge in [-0.1, -0.05) is 52.0 Å². The van der Waals surface area contributed by atoms with Crippen LogP contribution in [-0.4, -0.2) is 62.3 Å². The minimum absolute atomic E-state index is 0.0501. The lowest BCUT2D eigenvalue weighted by Crippen LogP contribution is -2.67. The number of allylic oxidation sites excluding steroid dienone is 1. The molecule has 0 bridgehead atoms. The zero-order chi connectivity index (χ0) is 36.7. The highest BCUT2D eigenvalue weighted by Crippen LogP contribution is 2.77. The monoisotopic (exact) mass is 703 g/mol. The van der Waals surface area contributed by atoms with E-state index in [1.165, 1.54) is 24.5 Å². The summed E-state index contributed by atoms with van der Waals surface area (Å²) in [6.45, 7) is 18.7. The van der Waals surface area contributed by atoms with Crippen LogP contribution in [-0.2, 0) is 20.9 Å². The van der Waals surface area contributed by atoms with Crippen molar-refractivity contribution in [1.29, 1.82) is 0 Å². The van der Waals surface area contributed by atoms with Gasteiger partial charge in [-0.25, -0.2) is 9.67 Å². The van der Waals surface area contributed by atoms with Crippen LogP contribution in [0.3, 0.4) is 0 Å². The SMILES string of the molecule is C=C(C)[C@@H]1CC[C@]2(C(=O)O)CC[C@]3(C)[C@H](CC[C@@H]4[C@@]5(C)CC[C@H](OC(=O)Cn6cc(-c7cnc(OC)nc7OC)nn6)C(C)(C)[C@@H]5CC[C@]43C)[C@@H]12. The standard InChI is InChI=1S/C40H57N5O6/c1-23(2)24-12-17-40(34(47)48)19-18-38(6)26(32(24)40)10-11-29-37(5)15-14-30(36(3,4)28(37)13-16-39(29,38)7)51-31(46)22-45-21-27(43-44-45)25-20-41-35(50-9)42-33(25)49-8/h20-21,24,26,28-30,32H,1,10-19,22H2,2-9H3,(H,47,48)/t24-,26+,28-,29+,30-,32+,37-,38+,39+,40-/m0/s1. The van der Waals surface area contributed by atoms with Crippen LogP contribution in [0.2, 0.25) is 0 Å². The molecule has 0 aliphatic heterocycles. The van der Waals surface area contributed by atoms with Crippen LogP contribution < -0.4 is 9.47 Å². The van der Waals surface area contributed by atoms with Crippen molar-refractivity contribution in [1.82, 2.24) is 25.0 Å². The van der Waals surface area contributed by atoms with E-state index in [9.17, 15) is 14.7 Å². The zero-order valence-electron chi connectivity index (χ0n) is 31.8. The number of carboxylic acid groups (broad SMARTS) is 1. The largest absolute Gasteiger partial charge is 0.481 e. The molecule has 0 aromatic carbocycles. The van der Waals surface area contributed by atoms with Crippen LogP contribution in [0.1, 0.15) is 106 Å². The van der Waals surface area contributed by atoms with Crippen molar-refractivity contribution in [2.24, 2.45) is 56.7 Å². The molecule has 278 valence electrons. The third-order valence-corrected chi connectivity index (χ3v) is 15.9. The Morgan fingerprint density at radius 1 is 0.941 bits per heavy atom. The van der Waals surface area contributed by atoms with Gasteiger partial charge >= 0.3 is 17.9 Å². The average Bonchev–Trinajstić information content (AvgIpc) is 3.72. The van der Waals surface area contributed by atoms with Crippen LogP contribution in [0.15, 0.2) is 24.5 Å². The number of ether oxygens (including phenoxy) is 3. The molecule has 0 spiro atoms. The maximum absolute atomic E-state index is 13.5. The second kappa shape index (κ2) is 12.3. The average molecular weight is 704 g/mol. The van der Waals surface area contributed by atoms with Gasteiger partial charge in [0, 0.05) is 11.6 Å². The fraction of sp³-hybridized carbons (Fsp3) is 0.750. The van der Waals surface area contributed by atoms with Crippen LogP contribution in [0.25, 0.3) is 11.3 Å². The lowest BCUT2D eigenvalue weighted by Gasteiger charge is -2.72. The molecule has 5 aliphatic carbocycles. The number of aliphatic carboxylic acids is 1. The van der Waals surface area contributed by atoms with Gasteiger partial charge in [0.2, 0.25) is 5.88 Å². The second-order valence-corrected chi connectivity index (χ2v) is 18.1. The molecule has 1 N–H and O–H groups in total. The van der Waals surface area contributed by atoms with E-state index in [1.54, 1.807) is 12.4 Å². The van der Waals surface area contributed by atoms with E-state index in [0.717, 1.165) is 64.2 Å². The predicted octanol–water partition coefficient (Wildman–Crippen LogP) is 7.41. The topological polar surface area (TPSA) is 139 Å². The Bertz CT molecular complexity index is 1720. The van der Waals surface area contributed by atoms with Gasteiger partial charge in [-0.15, -0.1) is 5.10 Å². The molecule has 5 fully saturated rings. The molecule has 51 heavy (non-hydrogen) atoms. The molecule has 2 aromatic heterocycles. The number of carbonyl (C=O) groups excluding carboxylic acids is 1. The first-order valence-electron chi connectivity index (χ1n) is 19.0. The van der Waals surface area contributed by atoms with E-state index in [4.69, 9.17) is 14.2 Å². The van der Waals surface area contributed by atoms with E-state index in [2.05, 4.69) is 68.4 Å². The van der Waals surface area contributed by atoms with Crippen molar-refractivity contribution in [3.63, 3.8) is 0 Å². The lowest BCUT2D eigenvalue weighted by molar-refractivity contribution is -0.250. The summed E-state index contributed by atoms with van der Waals surface area (Å²) in [5, 5.41) is 19.1. The summed E-state index contributed by atoms with van der Waals surface area (Å²) in [6, 6.07) is 0.184. The molecule has 0 unspecified atom stereocenters. The van der Waals surface area contributed by atoms with Crippen molar-refractivity contribution in [2.45, 2.75) is 118 Å². The predicted molar refractivity (Wildman–Crippen MR) is 191 cm³/mol. The number of rotatable bonds is 8. The van der Waals surface area contributed by atoms with Gasteiger partial charge in [-0.3, -0.25) is 9.59 Å². The summed E-state index contributed by atoms with van der Waals surface area (Å²) in [6.07, 6.45) is 12.8. The lowest BCUT2D eigenvalue weighted by atomic mass is 9.32. The van der Waals surface area contributed by atoms with Crippen molar-refractivity contribution in [2.75, 3.05) is 14.2 Å². The van der Waals surface area contributed by atoms with Crippen LogP contribution in [0.5, 0.6) is 11.9 Å². The van der Waals surface area contributed by atoms with Gasteiger partial charge in [-0.05, 0) is 117 Å². The molecule has 5 saturated carbocycles. The van der Waals surface area contributed by atoms with E-state index < -0.39 is 11.4 Å². The molecular formula is C40H57N5O6. The number of nitrogens with zero attached hydrogens (tertiary/aromatic N) is 5. The molecule has 11 heteroatoms. The molecule has 11 nitrogen and oxygen atoms in total. The molecule has 2 aromatic rings. The zero-order valence-corrected chi connectivity index (χ0v) is 31.8. The number of carboxylic acids is 1. The first-order valence-corrected chi connectivity index (χ1v) is 19.0. The highest BCUT2D eigenvalue weighted by Gasteiger charge is 2.72. The molecule has 5 aliphatic rings. The van der Waals surface area contributed by atoms with Gasteiger partial charge in [0.05, 0.1) is 31.4 Å². The Kier molecular flexibility index (Phi) is 8.65. The molecule has 7 rings (SSSR count). The van der Waals surface area contributed by atoms with Gasteiger partial charge in [0.15, 0.2) is 0 Å². The van der Waals surface area contributed by atoms with E-state index in [0.29, 0.717) is 40.8 Å². The summed E-state index contributed by atoms with van der Waals surface area (Å²) >= 11 is 0. The highest BCUT2D eigenvalue weighted by atomic mass is 16.5. The van der Waals surface area contributed by atoms with Crippen LogP contribution in [0.4, 0.5) is 0 Å². The van der Waals surface area contributed by atoms with Crippen molar-refractivity contribution >= 4 is 11.9 Å². The number of carbonyl (C=O) groups is 2. The molecule has 0 saturated heterocycles. The Hall–Kier alpha value is -3.50. The smallest absolute Gasteiger partial charge is 0.328 e. The van der Waals surface area contributed by atoms with Crippen LogP contribution in [0, 0.1) is 56.7 Å². The number of fused-ring (bicyclic) bond motifs is 7. The number of aromatic nitrogens is 5. The highest BCUT2D eigenvalue weighted by molar-refractivity contribution is 5.76. The van der Waals surface area contributed by atoms with E-state index >= 15 is 0 Å². The van der Waals surface area contributed by atoms with Gasteiger partial charge in [0.25, 0.3) is 0 Å². The Labute approximate surface area is 302 Å². The Morgan fingerprint density at radius 3 is 2.39 bits per heavy atom. The molecule has 10 atom stereocenters. The third-order valence-electron chi connectivity index (χ3n) is 15.9. The molecule has 0 amide bonds. The minimum Gasteiger partial charge on any atom is -0.481 e. The molecular weight excluding hydrogens is 646 g/mol. The molecule has 2 heterocycles. The second-order valence-electron chi connectivity index (χ2n) is 18.1. The third kappa shape index (κ3) is 5.17. The maximum Gasteiger partial charge on any atom is 0.328 e. The summed E-state index contributed by atoms with van der Waals surface area (Å²) in [4.78, 5) is 34.8. The van der Waals surface area contributed by atoms with Crippen molar-refractivity contribution in [3.8, 4) is 23.1 Å². The summed E-state index contributed by atoms with van der Waals surface area (Å²) in [5.41, 5.74) is 1.70. The number of methoxy groups -OCH3 is 2. The number of hydrogen-bond acceptors (Lipinski definition) is 9. The van der Waals surface area contributed by atoms with E-state index in [-0.39, 0.29) is 52.2 Å². The minimum atomic E-state index is -0.604. The molecule has 0 radical (unpaired) electrons. The Morgan fingerprint density at radius 2 is 1.71 bits per heavy atom. The Balaban J connectivity index is 1.07. The van der Waals surface area contributed by atoms with Gasteiger partial charge in [0.1, 0.15) is 18.3 Å². The normalized spacial score (nSPS) is 39.5. The number of esters is 1. The summed E-state index contributed by atoms with van der Waals surface area (Å²) in [5.74, 6) is 1.22. The summed E-state index contributed by atoms with van der Waals surface area (Å²) < 4.78 is 18.3. The van der Waals surface area contributed by atoms with Crippen LogP contribution >= 0.6 is 0 Å². The fourth-order valence-electron chi connectivity index (χ4n) is 13.3. The van der Waals surface area contributed by atoms with Gasteiger partial charge in [-0.2, -0.15) is 4.98 Å². The number of hydrogen-bond donors (Lipinski definition) is 1.